The van der Waals surface area contributed by atoms with E-state index >= 15 is 0 Å². The Kier molecular flexibility index (Phi) is 4.13. The van der Waals surface area contributed by atoms with Gasteiger partial charge in [-0.25, -0.2) is 13.8 Å². The molecule has 0 unspecified atom stereocenters. The van der Waals surface area contributed by atoms with E-state index in [1.807, 2.05) is 13.8 Å². The van der Waals surface area contributed by atoms with Crippen LogP contribution in [0.3, 0.4) is 0 Å². The monoisotopic (exact) mass is 348 g/mol. The molecule has 0 bridgehead atoms. The number of allylic oxidation sites excluding steroid dienone is 2. The highest BCUT2D eigenvalue weighted by Crippen LogP contribution is 2.39. The standard InChI is InChI=1S/C18H15ClF2N2O/c1-8-3-11-12(18(22)24)6-14(20)13(16(11)9(8)2)4-10-5-15(21)17(19)23-7-10/h5-7H,3-4H2,1-2H3,(H2,22,24). The van der Waals surface area contributed by atoms with Crippen molar-refractivity contribution < 1.29 is 13.6 Å². The molecule has 0 aliphatic heterocycles. The molecule has 1 aromatic heterocycles. The van der Waals surface area contributed by atoms with Gasteiger partial charge in [-0.3, -0.25) is 4.79 Å². The quantitative estimate of drug-likeness (QED) is 0.851. The van der Waals surface area contributed by atoms with Gasteiger partial charge in [0.15, 0.2) is 11.0 Å². The van der Waals surface area contributed by atoms with Crippen LogP contribution in [0.25, 0.3) is 5.57 Å². The first-order valence-corrected chi connectivity index (χ1v) is 7.78. The van der Waals surface area contributed by atoms with E-state index in [0.717, 1.165) is 16.7 Å². The number of benzene rings is 1. The highest BCUT2D eigenvalue weighted by Gasteiger charge is 2.27. The van der Waals surface area contributed by atoms with Gasteiger partial charge in [0.25, 0.3) is 0 Å². The van der Waals surface area contributed by atoms with E-state index in [1.54, 1.807) is 0 Å². The minimum absolute atomic E-state index is 0.152. The third-order valence-electron chi connectivity index (χ3n) is 4.44. The van der Waals surface area contributed by atoms with E-state index in [4.69, 9.17) is 17.3 Å². The lowest BCUT2D eigenvalue weighted by molar-refractivity contribution is 0.0999. The van der Waals surface area contributed by atoms with Crippen molar-refractivity contribution in [2.45, 2.75) is 26.7 Å². The predicted octanol–water partition coefficient (Wildman–Crippen LogP) is 4.05. The molecule has 24 heavy (non-hydrogen) atoms. The second-order valence-electron chi connectivity index (χ2n) is 5.98. The summed E-state index contributed by atoms with van der Waals surface area (Å²) in [6.45, 7) is 3.82. The van der Waals surface area contributed by atoms with Crippen molar-refractivity contribution >= 4 is 23.1 Å². The summed E-state index contributed by atoms with van der Waals surface area (Å²) in [4.78, 5) is 15.4. The molecule has 0 fully saturated rings. The first kappa shape index (κ1) is 16.6. The maximum Gasteiger partial charge on any atom is 0.249 e. The van der Waals surface area contributed by atoms with E-state index in [2.05, 4.69) is 4.98 Å². The van der Waals surface area contributed by atoms with Crippen LogP contribution >= 0.6 is 11.6 Å². The molecule has 3 nitrogen and oxygen atoms in total. The summed E-state index contributed by atoms with van der Waals surface area (Å²) in [5, 5.41) is -0.222. The Bertz CT molecular complexity index is 906. The van der Waals surface area contributed by atoms with Gasteiger partial charge >= 0.3 is 0 Å². The van der Waals surface area contributed by atoms with Crippen LogP contribution in [0.15, 0.2) is 23.9 Å². The molecule has 0 radical (unpaired) electrons. The largest absolute Gasteiger partial charge is 0.366 e. The molecule has 0 atom stereocenters. The number of aromatic nitrogens is 1. The summed E-state index contributed by atoms with van der Waals surface area (Å²) in [5.74, 6) is -1.84. The SMILES string of the molecule is CC1=C(C)c2c(Cc3cnc(Cl)c(F)c3)c(F)cc(C(N)=O)c2C1. The zero-order chi connectivity index (χ0) is 17.6. The lowest BCUT2D eigenvalue weighted by Crippen LogP contribution is -2.16. The van der Waals surface area contributed by atoms with E-state index in [0.29, 0.717) is 23.1 Å². The molecule has 1 aliphatic carbocycles. The summed E-state index contributed by atoms with van der Waals surface area (Å²) < 4.78 is 28.3. The molecule has 0 saturated heterocycles. The second-order valence-corrected chi connectivity index (χ2v) is 6.34. The zero-order valence-electron chi connectivity index (χ0n) is 13.2. The molecular formula is C18H15ClF2N2O. The molecule has 0 saturated carbocycles. The molecule has 1 heterocycles. The number of nitrogens with zero attached hydrogens (tertiary/aromatic N) is 1. The Labute approximate surface area is 143 Å². The topological polar surface area (TPSA) is 56.0 Å². The molecule has 1 aromatic carbocycles. The van der Waals surface area contributed by atoms with E-state index < -0.39 is 17.5 Å². The van der Waals surface area contributed by atoms with Crippen molar-refractivity contribution in [3.05, 3.63) is 68.5 Å². The van der Waals surface area contributed by atoms with Crippen LogP contribution in [0, 0.1) is 11.6 Å². The van der Waals surface area contributed by atoms with Crippen LogP contribution in [-0.2, 0) is 12.8 Å². The molecule has 6 heteroatoms. The van der Waals surface area contributed by atoms with Gasteiger partial charge in [-0.15, -0.1) is 0 Å². The number of carbonyl (C=O) groups excluding carboxylic acids is 1. The number of amides is 1. The number of hydrogen-bond acceptors (Lipinski definition) is 2. The minimum atomic E-state index is -0.654. The fraction of sp³-hybridized carbons (Fsp3) is 0.222. The van der Waals surface area contributed by atoms with Gasteiger partial charge in [0.1, 0.15) is 5.82 Å². The summed E-state index contributed by atoms with van der Waals surface area (Å²) in [5.41, 5.74) is 9.90. The van der Waals surface area contributed by atoms with Gasteiger partial charge in [-0.05, 0) is 54.7 Å². The van der Waals surface area contributed by atoms with Crippen LogP contribution in [-0.4, -0.2) is 10.9 Å². The summed E-state index contributed by atoms with van der Waals surface area (Å²) >= 11 is 5.59. The van der Waals surface area contributed by atoms with Crippen LogP contribution in [0.4, 0.5) is 8.78 Å². The lowest BCUT2D eigenvalue weighted by Gasteiger charge is -2.15. The molecule has 3 rings (SSSR count). The Morgan fingerprint density at radius 2 is 2.00 bits per heavy atom. The summed E-state index contributed by atoms with van der Waals surface area (Å²) in [6, 6.07) is 2.41. The maximum absolute atomic E-state index is 14.7. The number of rotatable bonds is 3. The van der Waals surface area contributed by atoms with Crippen molar-refractivity contribution in [1.29, 1.82) is 0 Å². The molecule has 2 aromatic rings. The Morgan fingerprint density at radius 3 is 2.62 bits per heavy atom. The van der Waals surface area contributed by atoms with Gasteiger partial charge in [-0.2, -0.15) is 0 Å². The van der Waals surface area contributed by atoms with Gasteiger partial charge in [0.2, 0.25) is 5.91 Å². The number of nitrogens with two attached hydrogens (primary N) is 1. The predicted molar refractivity (Wildman–Crippen MR) is 88.9 cm³/mol. The summed E-state index contributed by atoms with van der Waals surface area (Å²) in [6.07, 6.45) is 2.12. The number of carbonyl (C=O) groups is 1. The van der Waals surface area contributed by atoms with Crippen molar-refractivity contribution in [1.82, 2.24) is 4.98 Å². The molecule has 0 spiro atoms. The first-order chi connectivity index (χ1) is 11.3. The molecule has 124 valence electrons. The summed E-state index contributed by atoms with van der Waals surface area (Å²) in [7, 11) is 0. The molecule has 1 amide bonds. The van der Waals surface area contributed by atoms with E-state index in [1.165, 1.54) is 18.3 Å². The number of fused-ring (bicyclic) bond motifs is 1. The Balaban J connectivity index is 2.16. The zero-order valence-corrected chi connectivity index (χ0v) is 14.0. The van der Waals surface area contributed by atoms with E-state index in [-0.39, 0.29) is 17.1 Å². The van der Waals surface area contributed by atoms with Crippen molar-refractivity contribution in [3.8, 4) is 0 Å². The van der Waals surface area contributed by atoms with Gasteiger partial charge in [-0.1, -0.05) is 17.2 Å². The lowest BCUT2D eigenvalue weighted by atomic mass is 9.91. The third-order valence-corrected chi connectivity index (χ3v) is 4.72. The number of halogens is 3. The maximum atomic E-state index is 14.7. The fourth-order valence-electron chi connectivity index (χ4n) is 3.14. The van der Waals surface area contributed by atoms with Crippen molar-refractivity contribution in [2.24, 2.45) is 5.73 Å². The van der Waals surface area contributed by atoms with Gasteiger partial charge in [0.05, 0.1) is 0 Å². The molecular weight excluding hydrogens is 334 g/mol. The number of primary amides is 1. The highest BCUT2D eigenvalue weighted by molar-refractivity contribution is 6.29. The van der Waals surface area contributed by atoms with Crippen LogP contribution in [0.1, 0.15) is 46.5 Å². The first-order valence-electron chi connectivity index (χ1n) is 7.40. The fourth-order valence-corrected chi connectivity index (χ4v) is 3.24. The van der Waals surface area contributed by atoms with Crippen LogP contribution in [0.5, 0.6) is 0 Å². The third kappa shape index (κ3) is 2.69. The minimum Gasteiger partial charge on any atom is -0.366 e. The second kappa shape index (κ2) is 5.98. The van der Waals surface area contributed by atoms with Gasteiger partial charge < -0.3 is 5.73 Å². The Morgan fingerprint density at radius 1 is 1.29 bits per heavy atom. The highest BCUT2D eigenvalue weighted by atomic mass is 35.5. The smallest absolute Gasteiger partial charge is 0.249 e. The van der Waals surface area contributed by atoms with Crippen molar-refractivity contribution in [3.63, 3.8) is 0 Å². The van der Waals surface area contributed by atoms with E-state index in [9.17, 15) is 13.6 Å². The number of hydrogen-bond donors (Lipinski definition) is 1. The average molecular weight is 349 g/mol. The van der Waals surface area contributed by atoms with Crippen molar-refractivity contribution in [2.75, 3.05) is 0 Å². The normalized spacial score (nSPS) is 13.4. The molecule has 2 N–H and O–H groups in total. The van der Waals surface area contributed by atoms with Crippen LogP contribution < -0.4 is 5.73 Å². The molecule has 1 aliphatic rings. The van der Waals surface area contributed by atoms with Crippen LogP contribution in [0.2, 0.25) is 5.15 Å². The number of pyridine rings is 1. The van der Waals surface area contributed by atoms with Gasteiger partial charge in [0, 0.05) is 23.7 Å². The Hall–Kier alpha value is -2.27. The average Bonchev–Trinajstić information content (AvgIpc) is 2.81.